The Labute approximate surface area is 142 Å². The van der Waals surface area contributed by atoms with E-state index >= 15 is 0 Å². The average Bonchev–Trinajstić information content (AvgIpc) is 2.62. The summed E-state index contributed by atoms with van der Waals surface area (Å²) in [5.74, 6) is 0.772. The molecule has 5 heteroatoms. The van der Waals surface area contributed by atoms with Crippen molar-refractivity contribution in [1.29, 1.82) is 0 Å². The van der Waals surface area contributed by atoms with Gasteiger partial charge in [-0.05, 0) is 55.3 Å². The van der Waals surface area contributed by atoms with Crippen molar-refractivity contribution in [1.82, 2.24) is 4.90 Å². The number of anilines is 1. The molecule has 0 spiro atoms. The number of carbonyl (C=O) groups is 2. The maximum atomic E-state index is 12.6. The van der Waals surface area contributed by atoms with Crippen LogP contribution in [0.2, 0.25) is 0 Å². The Morgan fingerprint density at radius 2 is 1.79 bits per heavy atom. The Bertz CT molecular complexity index is 681. The first-order valence-corrected chi connectivity index (χ1v) is 7.75. The molecule has 126 valence electrons. The highest BCUT2D eigenvalue weighted by atomic mass is 16.5. The van der Waals surface area contributed by atoms with Crippen molar-refractivity contribution in [2.24, 2.45) is 0 Å². The number of rotatable bonds is 7. The molecule has 0 aromatic heterocycles. The monoisotopic (exact) mass is 326 g/mol. The molecule has 24 heavy (non-hydrogen) atoms. The third-order valence-corrected chi connectivity index (χ3v) is 4.03. The van der Waals surface area contributed by atoms with Crippen LogP contribution in [0, 0.1) is 0 Å². The van der Waals surface area contributed by atoms with Crippen LogP contribution >= 0.6 is 0 Å². The van der Waals surface area contributed by atoms with Crippen molar-refractivity contribution < 1.29 is 14.3 Å². The summed E-state index contributed by atoms with van der Waals surface area (Å²) in [6, 6.07) is 14.8. The summed E-state index contributed by atoms with van der Waals surface area (Å²) in [7, 11) is 3.44. The minimum absolute atomic E-state index is 0.0475. The van der Waals surface area contributed by atoms with Gasteiger partial charge in [-0.2, -0.15) is 0 Å². The van der Waals surface area contributed by atoms with Crippen molar-refractivity contribution >= 4 is 18.0 Å². The van der Waals surface area contributed by atoms with Gasteiger partial charge in [-0.3, -0.25) is 9.59 Å². The van der Waals surface area contributed by atoms with Crippen LogP contribution in [-0.4, -0.2) is 37.4 Å². The second kappa shape index (κ2) is 8.15. The number of hydrogen-bond acceptors (Lipinski definition) is 3. The van der Waals surface area contributed by atoms with Crippen molar-refractivity contribution in [3.05, 3.63) is 59.7 Å². The highest BCUT2D eigenvalue weighted by molar-refractivity contribution is 5.94. The molecule has 0 radical (unpaired) electrons. The standard InChI is InChI=1S/C19H22N2O3/c1-14(12-15-4-10-18(24-3)11-5-15)21(2)19(23)16-6-8-17(9-7-16)20-13-22/h4-11,13-14H,12H2,1-3H3,(H,20,22)/t14-/m1/s1. The van der Waals surface area contributed by atoms with Gasteiger partial charge in [0.2, 0.25) is 6.41 Å². The van der Waals surface area contributed by atoms with Crippen LogP contribution in [0.25, 0.3) is 0 Å². The number of hydrogen-bond donors (Lipinski definition) is 1. The predicted octanol–water partition coefficient (Wildman–Crippen LogP) is 2.97. The zero-order valence-electron chi connectivity index (χ0n) is 14.2. The first-order valence-electron chi connectivity index (χ1n) is 7.75. The van der Waals surface area contributed by atoms with Gasteiger partial charge in [-0.25, -0.2) is 0 Å². The lowest BCUT2D eigenvalue weighted by Crippen LogP contribution is -2.36. The zero-order valence-corrected chi connectivity index (χ0v) is 14.2. The van der Waals surface area contributed by atoms with Crippen molar-refractivity contribution in [3.63, 3.8) is 0 Å². The van der Waals surface area contributed by atoms with E-state index < -0.39 is 0 Å². The molecular weight excluding hydrogens is 304 g/mol. The highest BCUT2D eigenvalue weighted by Gasteiger charge is 2.17. The number of amides is 2. The van der Waals surface area contributed by atoms with Crippen LogP contribution in [0.15, 0.2) is 48.5 Å². The Morgan fingerprint density at radius 1 is 1.17 bits per heavy atom. The molecule has 5 nitrogen and oxygen atoms in total. The van der Waals surface area contributed by atoms with E-state index in [1.807, 2.05) is 31.2 Å². The van der Waals surface area contributed by atoms with E-state index in [0.717, 1.165) is 17.7 Å². The minimum atomic E-state index is -0.0475. The second-order valence-electron chi connectivity index (χ2n) is 5.66. The molecule has 0 aliphatic carbocycles. The van der Waals surface area contributed by atoms with Crippen LogP contribution in [0.1, 0.15) is 22.8 Å². The predicted molar refractivity (Wildman–Crippen MR) is 94.4 cm³/mol. The van der Waals surface area contributed by atoms with Crippen LogP contribution in [0.5, 0.6) is 5.75 Å². The topological polar surface area (TPSA) is 58.6 Å². The largest absolute Gasteiger partial charge is 0.497 e. The van der Waals surface area contributed by atoms with Crippen LogP contribution < -0.4 is 10.1 Å². The van der Waals surface area contributed by atoms with Gasteiger partial charge in [0.25, 0.3) is 5.91 Å². The summed E-state index contributed by atoms with van der Waals surface area (Å²) in [5.41, 5.74) is 2.40. The van der Waals surface area contributed by atoms with Gasteiger partial charge >= 0.3 is 0 Å². The van der Waals surface area contributed by atoms with E-state index in [4.69, 9.17) is 4.74 Å². The van der Waals surface area contributed by atoms with E-state index in [1.165, 1.54) is 0 Å². The van der Waals surface area contributed by atoms with Gasteiger partial charge in [-0.1, -0.05) is 12.1 Å². The second-order valence-corrected chi connectivity index (χ2v) is 5.66. The van der Waals surface area contributed by atoms with E-state index in [1.54, 1.807) is 43.3 Å². The van der Waals surface area contributed by atoms with E-state index in [-0.39, 0.29) is 11.9 Å². The molecular formula is C19H22N2O3. The molecule has 0 saturated carbocycles. The molecule has 2 aromatic carbocycles. The molecule has 0 unspecified atom stereocenters. The molecule has 0 fully saturated rings. The molecule has 2 rings (SSSR count). The van der Waals surface area contributed by atoms with Crippen LogP contribution in [0.3, 0.4) is 0 Å². The van der Waals surface area contributed by atoms with Crippen LogP contribution in [0.4, 0.5) is 5.69 Å². The minimum Gasteiger partial charge on any atom is -0.497 e. The number of methoxy groups -OCH3 is 1. The Balaban J connectivity index is 2.01. The smallest absolute Gasteiger partial charge is 0.253 e. The summed E-state index contributed by atoms with van der Waals surface area (Å²) in [4.78, 5) is 24.7. The Hall–Kier alpha value is -2.82. The molecule has 2 amide bonds. The molecule has 0 bridgehead atoms. The fraction of sp³-hybridized carbons (Fsp3) is 0.263. The number of benzene rings is 2. The summed E-state index contributed by atoms with van der Waals surface area (Å²) < 4.78 is 5.15. The average molecular weight is 326 g/mol. The Morgan fingerprint density at radius 3 is 2.33 bits per heavy atom. The Kier molecular flexibility index (Phi) is 5.95. The lowest BCUT2D eigenvalue weighted by atomic mass is 10.0. The van der Waals surface area contributed by atoms with Gasteiger partial charge in [-0.15, -0.1) is 0 Å². The van der Waals surface area contributed by atoms with Gasteiger partial charge < -0.3 is 15.0 Å². The number of carbonyl (C=O) groups excluding carboxylic acids is 2. The third kappa shape index (κ3) is 4.35. The first-order chi connectivity index (χ1) is 11.5. The van der Waals surface area contributed by atoms with Crippen molar-refractivity contribution in [2.75, 3.05) is 19.5 Å². The van der Waals surface area contributed by atoms with Crippen molar-refractivity contribution in [3.8, 4) is 5.75 Å². The summed E-state index contributed by atoms with van der Waals surface area (Å²) in [6.45, 7) is 2.02. The molecule has 1 N–H and O–H groups in total. The number of nitrogens with zero attached hydrogens (tertiary/aromatic N) is 1. The number of nitrogens with one attached hydrogen (secondary N) is 1. The maximum Gasteiger partial charge on any atom is 0.253 e. The zero-order chi connectivity index (χ0) is 17.5. The van der Waals surface area contributed by atoms with E-state index in [0.29, 0.717) is 17.7 Å². The highest BCUT2D eigenvalue weighted by Crippen LogP contribution is 2.16. The molecule has 0 aliphatic rings. The lowest BCUT2D eigenvalue weighted by Gasteiger charge is -2.25. The number of likely N-dealkylation sites (N-methyl/N-ethyl adjacent to an activating group) is 1. The van der Waals surface area contributed by atoms with E-state index in [9.17, 15) is 9.59 Å². The molecule has 0 saturated heterocycles. The van der Waals surface area contributed by atoms with Crippen molar-refractivity contribution in [2.45, 2.75) is 19.4 Å². The number of ether oxygens (including phenoxy) is 1. The third-order valence-electron chi connectivity index (χ3n) is 4.03. The first kappa shape index (κ1) is 17.5. The van der Waals surface area contributed by atoms with Crippen LogP contribution in [-0.2, 0) is 11.2 Å². The summed E-state index contributed by atoms with van der Waals surface area (Å²) in [5, 5.41) is 2.55. The molecule has 0 aliphatic heterocycles. The molecule has 2 aromatic rings. The molecule has 1 atom stereocenters. The lowest BCUT2D eigenvalue weighted by molar-refractivity contribution is -0.105. The fourth-order valence-corrected chi connectivity index (χ4v) is 2.42. The van der Waals surface area contributed by atoms with E-state index in [2.05, 4.69) is 5.32 Å². The van der Waals surface area contributed by atoms with Gasteiger partial charge in [0.15, 0.2) is 0 Å². The SMILES string of the molecule is COc1ccc(C[C@@H](C)N(C)C(=O)c2ccc(NC=O)cc2)cc1. The summed E-state index contributed by atoms with van der Waals surface area (Å²) >= 11 is 0. The van der Waals surface area contributed by atoms with Gasteiger partial charge in [0.1, 0.15) is 5.75 Å². The van der Waals surface area contributed by atoms with Gasteiger partial charge in [0, 0.05) is 24.3 Å². The van der Waals surface area contributed by atoms with Gasteiger partial charge in [0.05, 0.1) is 7.11 Å². The normalized spacial score (nSPS) is 11.5. The maximum absolute atomic E-state index is 12.6. The molecule has 0 heterocycles. The fourth-order valence-electron chi connectivity index (χ4n) is 2.42. The quantitative estimate of drug-likeness (QED) is 0.796. The summed E-state index contributed by atoms with van der Waals surface area (Å²) in [6.07, 6.45) is 1.37.